The van der Waals surface area contributed by atoms with Crippen molar-refractivity contribution in [3.8, 4) is 0 Å². The van der Waals surface area contributed by atoms with Crippen molar-refractivity contribution in [3.63, 3.8) is 0 Å². The minimum absolute atomic E-state index is 0.249. The van der Waals surface area contributed by atoms with E-state index < -0.39 is 0 Å². The topological polar surface area (TPSA) is 32.9 Å². The number of nitrogens with one attached hydrogen (secondary N) is 1. The molecular formula is C14H15NO. The Balaban J connectivity index is 2.51. The zero-order chi connectivity index (χ0) is 11.3. The number of aromatic nitrogens is 1. The van der Waals surface area contributed by atoms with Gasteiger partial charge in [-0.1, -0.05) is 6.07 Å². The van der Waals surface area contributed by atoms with Gasteiger partial charge in [-0.25, -0.2) is 0 Å². The summed E-state index contributed by atoms with van der Waals surface area (Å²) in [5.74, 6) is 0. The van der Waals surface area contributed by atoms with Crippen molar-refractivity contribution in [3.05, 3.63) is 44.7 Å². The van der Waals surface area contributed by atoms with Gasteiger partial charge in [0.25, 0.3) is 0 Å². The third-order valence-electron chi connectivity index (χ3n) is 3.48. The number of aromatic amines is 1. The van der Waals surface area contributed by atoms with E-state index in [1.54, 1.807) is 0 Å². The molecule has 2 nitrogen and oxygen atoms in total. The van der Waals surface area contributed by atoms with E-state index in [0.717, 1.165) is 47.0 Å². The van der Waals surface area contributed by atoms with Crippen LogP contribution >= 0.6 is 0 Å². The number of benzene rings is 1. The number of rotatable bonds is 0. The first-order valence-corrected chi connectivity index (χ1v) is 5.82. The lowest BCUT2D eigenvalue weighted by Crippen LogP contribution is -2.11. The van der Waals surface area contributed by atoms with Crippen molar-refractivity contribution in [2.24, 2.45) is 0 Å². The molecule has 1 aromatic carbocycles. The Morgan fingerprint density at radius 1 is 1.19 bits per heavy atom. The van der Waals surface area contributed by atoms with Crippen molar-refractivity contribution in [1.82, 2.24) is 4.98 Å². The summed E-state index contributed by atoms with van der Waals surface area (Å²) in [4.78, 5) is 15.8. The molecule has 0 fully saturated rings. The van der Waals surface area contributed by atoms with Gasteiger partial charge < -0.3 is 4.98 Å². The van der Waals surface area contributed by atoms with E-state index in [-0.39, 0.29) is 5.43 Å². The summed E-state index contributed by atoms with van der Waals surface area (Å²) < 4.78 is 0. The van der Waals surface area contributed by atoms with Gasteiger partial charge in [0.05, 0.1) is 5.52 Å². The average Bonchev–Trinajstić information content (AvgIpc) is 2.64. The molecule has 1 aliphatic rings. The number of fused-ring (bicyclic) bond motifs is 2. The van der Waals surface area contributed by atoms with Crippen molar-refractivity contribution in [2.45, 2.75) is 33.1 Å². The highest BCUT2D eigenvalue weighted by Gasteiger charge is 2.17. The highest BCUT2D eigenvalue weighted by molar-refractivity contribution is 5.83. The maximum Gasteiger partial charge on any atom is 0.193 e. The number of pyridine rings is 1. The van der Waals surface area contributed by atoms with Crippen LogP contribution in [0.1, 0.15) is 28.8 Å². The summed E-state index contributed by atoms with van der Waals surface area (Å²) in [6.07, 6.45) is 3.07. The number of hydrogen-bond donors (Lipinski definition) is 1. The zero-order valence-electron chi connectivity index (χ0n) is 9.68. The largest absolute Gasteiger partial charge is 0.358 e. The van der Waals surface area contributed by atoms with E-state index in [1.807, 2.05) is 6.92 Å². The predicted molar refractivity (Wildman–Crippen MR) is 66.1 cm³/mol. The van der Waals surface area contributed by atoms with Crippen LogP contribution in [-0.2, 0) is 12.8 Å². The van der Waals surface area contributed by atoms with Crippen molar-refractivity contribution in [2.75, 3.05) is 0 Å². The molecule has 1 aliphatic carbocycles. The van der Waals surface area contributed by atoms with Gasteiger partial charge in [0.1, 0.15) is 0 Å². The molecule has 1 N–H and O–H groups in total. The lowest BCUT2D eigenvalue weighted by molar-refractivity contribution is 0.900. The maximum atomic E-state index is 12.3. The van der Waals surface area contributed by atoms with E-state index in [9.17, 15) is 4.79 Å². The van der Waals surface area contributed by atoms with Gasteiger partial charge in [0.15, 0.2) is 5.43 Å². The van der Waals surface area contributed by atoms with Gasteiger partial charge in [-0.3, -0.25) is 4.79 Å². The van der Waals surface area contributed by atoms with Crippen molar-refractivity contribution < 1.29 is 0 Å². The minimum Gasteiger partial charge on any atom is -0.358 e. The Bertz CT molecular complexity index is 637. The Labute approximate surface area is 94.3 Å². The van der Waals surface area contributed by atoms with E-state index in [1.165, 1.54) is 5.56 Å². The van der Waals surface area contributed by atoms with Crippen LogP contribution in [0, 0.1) is 13.8 Å². The average molecular weight is 213 g/mol. The van der Waals surface area contributed by atoms with Crippen molar-refractivity contribution >= 4 is 10.9 Å². The SMILES string of the molecule is Cc1cc(C)c2c(=O)c3c([nH]c2c1)CCC3. The van der Waals surface area contributed by atoms with Crippen LogP contribution in [0.4, 0.5) is 0 Å². The molecule has 0 radical (unpaired) electrons. The van der Waals surface area contributed by atoms with E-state index >= 15 is 0 Å². The Kier molecular flexibility index (Phi) is 1.93. The van der Waals surface area contributed by atoms with E-state index in [2.05, 4.69) is 24.0 Å². The second-order valence-electron chi connectivity index (χ2n) is 4.77. The molecule has 0 bridgehead atoms. The smallest absolute Gasteiger partial charge is 0.193 e. The van der Waals surface area contributed by atoms with Gasteiger partial charge in [0, 0.05) is 16.6 Å². The fourth-order valence-electron chi connectivity index (χ4n) is 2.81. The molecule has 82 valence electrons. The maximum absolute atomic E-state index is 12.3. The molecule has 0 unspecified atom stereocenters. The van der Waals surface area contributed by atoms with Gasteiger partial charge in [-0.2, -0.15) is 0 Å². The fraction of sp³-hybridized carbons (Fsp3) is 0.357. The molecule has 0 saturated carbocycles. The molecular weight excluding hydrogens is 198 g/mol. The summed E-state index contributed by atoms with van der Waals surface area (Å²) in [7, 11) is 0. The number of H-pyrrole nitrogens is 1. The summed E-state index contributed by atoms with van der Waals surface area (Å²) in [6.45, 7) is 4.09. The first-order valence-electron chi connectivity index (χ1n) is 5.82. The lowest BCUT2D eigenvalue weighted by atomic mass is 10.0. The van der Waals surface area contributed by atoms with Crippen LogP contribution < -0.4 is 5.43 Å². The molecule has 0 amide bonds. The Morgan fingerprint density at radius 2 is 2.00 bits per heavy atom. The van der Waals surface area contributed by atoms with Crippen LogP contribution in [0.2, 0.25) is 0 Å². The second-order valence-corrected chi connectivity index (χ2v) is 4.77. The number of hydrogen-bond acceptors (Lipinski definition) is 1. The lowest BCUT2D eigenvalue weighted by Gasteiger charge is -2.07. The van der Waals surface area contributed by atoms with Gasteiger partial charge in [0.2, 0.25) is 0 Å². The predicted octanol–water partition coefficient (Wildman–Crippen LogP) is 2.63. The first-order chi connectivity index (χ1) is 7.66. The molecule has 0 atom stereocenters. The molecule has 0 spiro atoms. The highest BCUT2D eigenvalue weighted by Crippen LogP contribution is 2.22. The van der Waals surface area contributed by atoms with Crippen LogP contribution in [-0.4, -0.2) is 4.98 Å². The third-order valence-corrected chi connectivity index (χ3v) is 3.48. The fourth-order valence-corrected chi connectivity index (χ4v) is 2.81. The van der Waals surface area contributed by atoms with Gasteiger partial charge >= 0.3 is 0 Å². The van der Waals surface area contributed by atoms with E-state index in [4.69, 9.17) is 0 Å². The molecule has 16 heavy (non-hydrogen) atoms. The Hall–Kier alpha value is -1.57. The molecule has 1 aromatic heterocycles. The standard InChI is InChI=1S/C14H15NO/c1-8-6-9(2)13-12(7-8)15-11-5-3-4-10(11)14(13)16/h6-7H,3-5H2,1-2H3,(H,15,16). The summed E-state index contributed by atoms with van der Waals surface area (Å²) >= 11 is 0. The van der Waals surface area contributed by atoms with E-state index in [0.29, 0.717) is 0 Å². The zero-order valence-corrected chi connectivity index (χ0v) is 9.68. The monoisotopic (exact) mass is 213 g/mol. The summed E-state index contributed by atoms with van der Waals surface area (Å²) in [6, 6.07) is 4.15. The third kappa shape index (κ3) is 1.22. The molecule has 2 heteroatoms. The van der Waals surface area contributed by atoms with Crippen LogP contribution in [0.25, 0.3) is 10.9 Å². The summed E-state index contributed by atoms with van der Waals surface area (Å²) in [5.41, 5.74) is 5.72. The molecule has 3 rings (SSSR count). The quantitative estimate of drug-likeness (QED) is 0.717. The van der Waals surface area contributed by atoms with Crippen LogP contribution in [0.3, 0.4) is 0 Å². The molecule has 2 aromatic rings. The molecule has 0 saturated heterocycles. The van der Waals surface area contributed by atoms with Crippen LogP contribution in [0.5, 0.6) is 0 Å². The second kappa shape index (κ2) is 3.21. The van der Waals surface area contributed by atoms with Crippen molar-refractivity contribution in [1.29, 1.82) is 0 Å². The molecule has 0 aliphatic heterocycles. The van der Waals surface area contributed by atoms with Crippen LogP contribution in [0.15, 0.2) is 16.9 Å². The normalized spacial score (nSPS) is 14.4. The molecule has 1 heterocycles. The van der Waals surface area contributed by atoms with Gasteiger partial charge in [-0.05, 0) is 50.3 Å². The first kappa shape index (κ1) is 9.64. The Morgan fingerprint density at radius 3 is 2.81 bits per heavy atom. The summed E-state index contributed by atoms with van der Waals surface area (Å²) in [5, 5.41) is 0.881. The van der Waals surface area contributed by atoms with Gasteiger partial charge in [-0.15, -0.1) is 0 Å². The highest BCUT2D eigenvalue weighted by atomic mass is 16.1. The number of aryl methyl sites for hydroxylation is 3. The minimum atomic E-state index is 0.249.